The minimum absolute atomic E-state index is 0.0741. The Hall–Kier alpha value is -2.43. The first-order chi connectivity index (χ1) is 10.5. The summed E-state index contributed by atoms with van der Waals surface area (Å²) in [5.74, 6) is -1.30. The van der Waals surface area contributed by atoms with E-state index >= 15 is 0 Å². The summed E-state index contributed by atoms with van der Waals surface area (Å²) in [6.07, 6.45) is 1.38. The van der Waals surface area contributed by atoms with Gasteiger partial charge in [-0.1, -0.05) is 0 Å². The molecule has 0 unspecified atom stereocenters. The van der Waals surface area contributed by atoms with Crippen molar-refractivity contribution in [2.24, 2.45) is 4.99 Å². The highest BCUT2D eigenvalue weighted by atomic mass is 19.1. The standard InChI is InChI=1S/C17H18F2N2O/c1-3-21(4-2)16-6-5-12(17(22)10-16)11-20-15-8-13(18)7-14(19)9-15/h5-11,22H,3-4H2,1-2H3/b20-11+. The van der Waals surface area contributed by atoms with Gasteiger partial charge in [0.1, 0.15) is 17.4 Å². The fourth-order valence-corrected chi connectivity index (χ4v) is 2.18. The summed E-state index contributed by atoms with van der Waals surface area (Å²) in [6, 6.07) is 8.29. The molecule has 0 radical (unpaired) electrons. The van der Waals surface area contributed by atoms with Gasteiger partial charge in [-0.3, -0.25) is 4.99 Å². The molecule has 0 atom stereocenters. The van der Waals surface area contributed by atoms with Gasteiger partial charge < -0.3 is 10.0 Å². The smallest absolute Gasteiger partial charge is 0.128 e. The van der Waals surface area contributed by atoms with Crippen LogP contribution >= 0.6 is 0 Å². The van der Waals surface area contributed by atoms with Crippen LogP contribution in [0, 0.1) is 11.6 Å². The van der Waals surface area contributed by atoms with E-state index in [1.165, 1.54) is 6.21 Å². The lowest BCUT2D eigenvalue weighted by molar-refractivity contribution is 0.474. The quantitative estimate of drug-likeness (QED) is 0.837. The molecule has 2 rings (SSSR count). The molecule has 0 heterocycles. The largest absolute Gasteiger partial charge is 0.507 e. The first-order valence-electron chi connectivity index (χ1n) is 7.11. The van der Waals surface area contributed by atoms with Crippen LogP contribution in [0.1, 0.15) is 19.4 Å². The Balaban J connectivity index is 2.24. The van der Waals surface area contributed by atoms with Gasteiger partial charge in [-0.2, -0.15) is 0 Å². The molecule has 2 aromatic carbocycles. The van der Waals surface area contributed by atoms with E-state index in [1.807, 2.05) is 19.9 Å². The van der Waals surface area contributed by atoms with E-state index in [2.05, 4.69) is 9.89 Å². The lowest BCUT2D eigenvalue weighted by atomic mass is 10.2. The van der Waals surface area contributed by atoms with Crippen molar-refractivity contribution in [3.63, 3.8) is 0 Å². The van der Waals surface area contributed by atoms with Crippen LogP contribution in [0.5, 0.6) is 5.75 Å². The summed E-state index contributed by atoms with van der Waals surface area (Å²) >= 11 is 0. The Morgan fingerprint density at radius 3 is 2.23 bits per heavy atom. The summed E-state index contributed by atoms with van der Waals surface area (Å²) in [6.45, 7) is 5.75. The van der Waals surface area contributed by atoms with E-state index in [0.717, 1.165) is 37.0 Å². The third kappa shape index (κ3) is 3.81. The Bertz CT molecular complexity index is 662. The molecule has 2 aromatic rings. The number of aliphatic imine (C=N–C) groups is 1. The fourth-order valence-electron chi connectivity index (χ4n) is 2.18. The van der Waals surface area contributed by atoms with Crippen LogP contribution in [0.4, 0.5) is 20.2 Å². The summed E-state index contributed by atoms with van der Waals surface area (Å²) in [4.78, 5) is 6.10. The molecule has 0 amide bonds. The Morgan fingerprint density at radius 1 is 1.05 bits per heavy atom. The lowest BCUT2D eigenvalue weighted by Gasteiger charge is -2.21. The van der Waals surface area contributed by atoms with Crippen LogP contribution in [0.2, 0.25) is 0 Å². The molecular weight excluding hydrogens is 286 g/mol. The highest BCUT2D eigenvalue weighted by Gasteiger charge is 2.06. The minimum atomic E-state index is -0.687. The first kappa shape index (κ1) is 15.9. The van der Waals surface area contributed by atoms with Crippen molar-refractivity contribution in [2.45, 2.75) is 13.8 Å². The van der Waals surface area contributed by atoms with E-state index in [4.69, 9.17) is 0 Å². The zero-order valence-corrected chi connectivity index (χ0v) is 12.6. The van der Waals surface area contributed by atoms with Gasteiger partial charge in [0.25, 0.3) is 0 Å². The molecule has 0 saturated carbocycles. The molecule has 0 aliphatic heterocycles. The third-order valence-corrected chi connectivity index (χ3v) is 3.34. The Morgan fingerprint density at radius 2 is 1.68 bits per heavy atom. The average molecular weight is 304 g/mol. The number of hydrogen-bond donors (Lipinski definition) is 1. The maximum Gasteiger partial charge on any atom is 0.128 e. The van der Waals surface area contributed by atoms with E-state index in [0.29, 0.717) is 5.56 Å². The van der Waals surface area contributed by atoms with Gasteiger partial charge in [0.2, 0.25) is 0 Å². The third-order valence-electron chi connectivity index (χ3n) is 3.34. The van der Waals surface area contributed by atoms with E-state index in [9.17, 15) is 13.9 Å². The van der Waals surface area contributed by atoms with Gasteiger partial charge in [-0.15, -0.1) is 0 Å². The second kappa shape index (κ2) is 7.02. The second-order valence-corrected chi connectivity index (χ2v) is 4.80. The summed E-state index contributed by atoms with van der Waals surface area (Å²) < 4.78 is 26.2. The number of phenols is 1. The average Bonchev–Trinajstić information content (AvgIpc) is 2.46. The minimum Gasteiger partial charge on any atom is -0.507 e. The molecule has 0 spiro atoms. The monoisotopic (exact) mass is 304 g/mol. The van der Waals surface area contributed by atoms with Crippen molar-refractivity contribution < 1.29 is 13.9 Å². The maximum absolute atomic E-state index is 13.1. The van der Waals surface area contributed by atoms with Gasteiger partial charge in [0.05, 0.1) is 5.69 Å². The Labute approximate surface area is 128 Å². The van der Waals surface area contributed by atoms with E-state index in [1.54, 1.807) is 12.1 Å². The number of halogens is 2. The van der Waals surface area contributed by atoms with Crippen LogP contribution in [0.15, 0.2) is 41.4 Å². The van der Waals surface area contributed by atoms with Crippen molar-refractivity contribution in [1.29, 1.82) is 0 Å². The van der Waals surface area contributed by atoms with Crippen molar-refractivity contribution in [2.75, 3.05) is 18.0 Å². The molecule has 0 fully saturated rings. The van der Waals surface area contributed by atoms with Gasteiger partial charge in [-0.25, -0.2) is 8.78 Å². The zero-order valence-electron chi connectivity index (χ0n) is 12.6. The SMILES string of the molecule is CCN(CC)c1ccc(/C=N/c2cc(F)cc(F)c2)c(O)c1. The van der Waals surface area contributed by atoms with Crippen molar-refractivity contribution >= 4 is 17.6 Å². The molecule has 22 heavy (non-hydrogen) atoms. The molecule has 5 heteroatoms. The normalized spacial score (nSPS) is 11.1. The van der Waals surface area contributed by atoms with E-state index < -0.39 is 11.6 Å². The molecule has 1 N–H and O–H groups in total. The number of benzene rings is 2. The highest BCUT2D eigenvalue weighted by molar-refractivity contribution is 5.86. The number of phenolic OH excluding ortho intramolecular Hbond substituents is 1. The summed E-state index contributed by atoms with van der Waals surface area (Å²) in [5, 5.41) is 10.1. The predicted octanol–water partition coefficient (Wildman–Crippen LogP) is 4.27. The molecular formula is C17H18F2N2O. The van der Waals surface area contributed by atoms with Crippen molar-refractivity contribution in [3.05, 3.63) is 53.6 Å². The van der Waals surface area contributed by atoms with Crippen LogP contribution in [0.3, 0.4) is 0 Å². The molecule has 0 aromatic heterocycles. The van der Waals surface area contributed by atoms with Gasteiger partial charge in [0, 0.05) is 42.7 Å². The first-order valence-corrected chi connectivity index (χ1v) is 7.11. The number of aromatic hydroxyl groups is 1. The predicted molar refractivity (Wildman–Crippen MR) is 85.3 cm³/mol. The lowest BCUT2D eigenvalue weighted by Crippen LogP contribution is -2.21. The summed E-state index contributed by atoms with van der Waals surface area (Å²) in [7, 11) is 0. The maximum atomic E-state index is 13.1. The van der Waals surface area contributed by atoms with Crippen LogP contribution in [-0.2, 0) is 0 Å². The molecule has 0 aliphatic carbocycles. The van der Waals surface area contributed by atoms with Crippen molar-refractivity contribution in [1.82, 2.24) is 0 Å². The fraction of sp³-hybridized carbons (Fsp3) is 0.235. The number of nitrogens with zero attached hydrogens (tertiary/aromatic N) is 2. The van der Waals surface area contributed by atoms with Gasteiger partial charge >= 0.3 is 0 Å². The molecule has 0 saturated heterocycles. The van der Waals surface area contributed by atoms with E-state index in [-0.39, 0.29) is 11.4 Å². The Kier molecular flexibility index (Phi) is 5.09. The molecule has 116 valence electrons. The summed E-state index contributed by atoms with van der Waals surface area (Å²) in [5.41, 5.74) is 1.56. The van der Waals surface area contributed by atoms with Gasteiger partial charge in [0.15, 0.2) is 0 Å². The molecule has 3 nitrogen and oxygen atoms in total. The van der Waals surface area contributed by atoms with Gasteiger partial charge in [-0.05, 0) is 38.1 Å². The molecule has 0 bridgehead atoms. The van der Waals surface area contributed by atoms with Crippen LogP contribution < -0.4 is 4.90 Å². The second-order valence-electron chi connectivity index (χ2n) is 4.80. The van der Waals surface area contributed by atoms with Crippen LogP contribution in [0.25, 0.3) is 0 Å². The zero-order chi connectivity index (χ0) is 16.1. The topological polar surface area (TPSA) is 35.8 Å². The van der Waals surface area contributed by atoms with Crippen molar-refractivity contribution in [3.8, 4) is 5.75 Å². The molecule has 0 aliphatic rings. The highest BCUT2D eigenvalue weighted by Crippen LogP contribution is 2.24. The number of hydrogen-bond acceptors (Lipinski definition) is 3. The number of rotatable bonds is 5. The number of anilines is 1. The van der Waals surface area contributed by atoms with Crippen LogP contribution in [-0.4, -0.2) is 24.4 Å².